The molecule has 0 radical (unpaired) electrons. The molecule has 0 aromatic rings. The van der Waals surface area contributed by atoms with Gasteiger partial charge in [-0.05, 0) is 36.3 Å². The molecule has 0 aliphatic carbocycles. The van der Waals surface area contributed by atoms with Gasteiger partial charge in [-0.25, -0.2) is 9.98 Å². The van der Waals surface area contributed by atoms with Crippen molar-refractivity contribution >= 4 is 28.4 Å². The molecule has 0 bridgehead atoms. The van der Waals surface area contributed by atoms with Gasteiger partial charge in [-0.3, -0.25) is 0 Å². The highest BCUT2D eigenvalue weighted by atomic mass is 28.4. The van der Waals surface area contributed by atoms with E-state index in [2.05, 4.69) is 77.7 Å². The fourth-order valence-corrected chi connectivity index (χ4v) is 4.36. The van der Waals surface area contributed by atoms with Crippen LogP contribution in [0.3, 0.4) is 0 Å². The Morgan fingerprint density at radius 1 is 0.750 bits per heavy atom. The van der Waals surface area contributed by atoms with Gasteiger partial charge in [0.2, 0.25) is 0 Å². The summed E-state index contributed by atoms with van der Waals surface area (Å²) in [6.45, 7) is 24.7. The van der Waals surface area contributed by atoms with Crippen molar-refractivity contribution in [2.75, 3.05) is 26.4 Å². The van der Waals surface area contributed by atoms with E-state index in [0.29, 0.717) is 38.2 Å². The third-order valence-electron chi connectivity index (χ3n) is 6.49. The van der Waals surface area contributed by atoms with Gasteiger partial charge in [0.05, 0.1) is 13.2 Å². The van der Waals surface area contributed by atoms with Crippen molar-refractivity contribution < 1.29 is 18.3 Å². The van der Waals surface area contributed by atoms with Gasteiger partial charge in [0.1, 0.15) is 25.3 Å². The first kappa shape index (κ1) is 23.6. The summed E-state index contributed by atoms with van der Waals surface area (Å²) in [5.74, 6) is 1.03. The lowest BCUT2D eigenvalue weighted by Crippen LogP contribution is -2.42. The minimum absolute atomic E-state index is 0.0120. The highest BCUT2D eigenvalue weighted by Gasteiger charge is 2.40. The maximum atomic E-state index is 6.27. The molecule has 0 saturated carbocycles. The van der Waals surface area contributed by atoms with Gasteiger partial charge in [0, 0.05) is 0 Å². The zero-order chi connectivity index (χ0) is 21.4. The van der Waals surface area contributed by atoms with Crippen LogP contribution in [0.2, 0.25) is 36.3 Å². The first-order valence-corrected chi connectivity index (χ1v) is 16.1. The molecule has 0 fully saturated rings. The molecule has 2 atom stereocenters. The lowest BCUT2D eigenvalue weighted by Gasteiger charge is -2.36. The second kappa shape index (κ2) is 8.20. The predicted molar refractivity (Wildman–Crippen MR) is 121 cm³/mol. The van der Waals surface area contributed by atoms with Crippen LogP contribution in [-0.4, -0.2) is 66.9 Å². The van der Waals surface area contributed by atoms with Crippen LogP contribution in [-0.2, 0) is 18.3 Å². The van der Waals surface area contributed by atoms with E-state index in [-0.39, 0.29) is 22.2 Å². The van der Waals surface area contributed by atoms with Crippen LogP contribution in [0.1, 0.15) is 41.5 Å². The number of rotatable bonds is 7. The van der Waals surface area contributed by atoms with Crippen LogP contribution in [0.5, 0.6) is 0 Å². The van der Waals surface area contributed by atoms with Gasteiger partial charge in [-0.15, -0.1) is 0 Å². The molecular formula is C20H40N2O4Si2. The Hall–Kier alpha value is -0.706. The largest absolute Gasteiger partial charge is 0.472 e. The standard InChI is InChI=1S/C20H40N2O4Si2/c1-19(2,3)27(7,8)25-13-15-11-23-17(21-15)18-22-16(12-24-18)14-26-28(9,10)20(4,5)6/h15-16H,11-14H2,1-10H3/t15-,16-/m1/s1. The molecule has 0 saturated heterocycles. The summed E-state index contributed by atoms with van der Waals surface area (Å²) < 4.78 is 24.0. The summed E-state index contributed by atoms with van der Waals surface area (Å²) in [5, 5.41) is 0.379. The third kappa shape index (κ3) is 5.67. The molecule has 2 heterocycles. The number of nitrogens with zero attached hydrogens (tertiary/aromatic N) is 2. The number of aliphatic imine (C=N–C) groups is 2. The predicted octanol–water partition coefficient (Wildman–Crippen LogP) is 4.62. The zero-order valence-electron chi connectivity index (χ0n) is 19.5. The lowest BCUT2D eigenvalue weighted by molar-refractivity contribution is 0.222. The Kier molecular flexibility index (Phi) is 6.90. The van der Waals surface area contributed by atoms with Crippen molar-refractivity contribution in [3.8, 4) is 0 Å². The minimum atomic E-state index is -1.78. The molecule has 0 spiro atoms. The topological polar surface area (TPSA) is 61.6 Å². The molecule has 2 aliphatic rings. The van der Waals surface area contributed by atoms with E-state index >= 15 is 0 Å². The van der Waals surface area contributed by atoms with Crippen molar-refractivity contribution in [3.63, 3.8) is 0 Å². The van der Waals surface area contributed by atoms with E-state index in [1.807, 2.05) is 0 Å². The van der Waals surface area contributed by atoms with E-state index in [1.165, 1.54) is 0 Å². The highest BCUT2D eigenvalue weighted by Crippen LogP contribution is 2.37. The molecule has 0 amide bonds. The van der Waals surface area contributed by atoms with Gasteiger partial charge in [-0.2, -0.15) is 0 Å². The highest BCUT2D eigenvalue weighted by molar-refractivity contribution is 6.74. The van der Waals surface area contributed by atoms with E-state index in [9.17, 15) is 0 Å². The van der Waals surface area contributed by atoms with Crippen molar-refractivity contribution in [3.05, 3.63) is 0 Å². The summed E-state index contributed by atoms with van der Waals surface area (Å²) >= 11 is 0. The lowest BCUT2D eigenvalue weighted by atomic mass is 10.2. The van der Waals surface area contributed by atoms with Crippen LogP contribution in [0.4, 0.5) is 0 Å². The van der Waals surface area contributed by atoms with Crippen LogP contribution < -0.4 is 0 Å². The fourth-order valence-electron chi connectivity index (χ4n) is 2.28. The summed E-state index contributed by atoms with van der Waals surface area (Å²) in [5.41, 5.74) is 0. The Morgan fingerprint density at radius 2 is 1.07 bits per heavy atom. The molecule has 0 unspecified atom stereocenters. The van der Waals surface area contributed by atoms with Gasteiger partial charge in [0.15, 0.2) is 16.6 Å². The first-order valence-electron chi connectivity index (χ1n) is 10.3. The molecule has 28 heavy (non-hydrogen) atoms. The molecule has 0 aromatic heterocycles. The van der Waals surface area contributed by atoms with Crippen LogP contribution >= 0.6 is 0 Å². The van der Waals surface area contributed by atoms with E-state index < -0.39 is 16.6 Å². The summed E-state index contributed by atoms with van der Waals surface area (Å²) in [4.78, 5) is 9.28. The maximum Gasteiger partial charge on any atom is 0.273 e. The van der Waals surface area contributed by atoms with Gasteiger partial charge in [0.25, 0.3) is 11.8 Å². The monoisotopic (exact) mass is 428 g/mol. The summed E-state index contributed by atoms with van der Waals surface area (Å²) in [6, 6.07) is 0.0240. The Morgan fingerprint density at radius 3 is 1.36 bits per heavy atom. The Bertz CT molecular complexity index is 565. The quantitative estimate of drug-likeness (QED) is 0.555. The normalized spacial score (nSPS) is 23.9. The van der Waals surface area contributed by atoms with Crippen LogP contribution in [0.25, 0.3) is 0 Å². The summed E-state index contributed by atoms with van der Waals surface area (Å²) in [7, 11) is -3.56. The van der Waals surface area contributed by atoms with E-state index in [1.54, 1.807) is 0 Å². The number of hydrogen-bond donors (Lipinski definition) is 0. The minimum Gasteiger partial charge on any atom is -0.472 e. The molecule has 2 rings (SSSR count). The molecular weight excluding hydrogens is 388 g/mol. The molecule has 162 valence electrons. The van der Waals surface area contributed by atoms with Gasteiger partial charge < -0.3 is 18.3 Å². The van der Waals surface area contributed by atoms with Crippen LogP contribution in [0, 0.1) is 0 Å². The number of ether oxygens (including phenoxy) is 2. The third-order valence-corrected chi connectivity index (χ3v) is 15.5. The van der Waals surface area contributed by atoms with E-state index in [4.69, 9.17) is 18.3 Å². The molecule has 0 aromatic carbocycles. The average molecular weight is 429 g/mol. The van der Waals surface area contributed by atoms with Crippen molar-refractivity contribution in [1.82, 2.24) is 0 Å². The van der Waals surface area contributed by atoms with Crippen molar-refractivity contribution in [2.24, 2.45) is 9.98 Å². The first-order chi connectivity index (χ1) is 12.6. The Balaban J connectivity index is 1.89. The molecule has 0 N–H and O–H groups in total. The second-order valence-corrected chi connectivity index (χ2v) is 20.6. The molecule has 2 aliphatic heterocycles. The van der Waals surface area contributed by atoms with E-state index in [0.717, 1.165) is 0 Å². The Labute approximate surface area is 173 Å². The summed E-state index contributed by atoms with van der Waals surface area (Å²) in [6.07, 6.45) is 0. The molecule has 8 heteroatoms. The number of hydrogen-bond acceptors (Lipinski definition) is 6. The SMILES string of the molecule is CC(C)(C)[Si](C)(C)OC[C@H]1COC(C2=N[C@@H](CO[Si](C)(C)C(C)(C)C)CO2)=N1. The second-order valence-electron chi connectivity index (χ2n) is 10.9. The fraction of sp³-hybridized carbons (Fsp3) is 0.900. The average Bonchev–Trinajstić information content (AvgIpc) is 3.18. The van der Waals surface area contributed by atoms with Crippen molar-refractivity contribution in [1.29, 1.82) is 0 Å². The van der Waals surface area contributed by atoms with Crippen LogP contribution in [0.15, 0.2) is 9.98 Å². The maximum absolute atomic E-state index is 6.27. The smallest absolute Gasteiger partial charge is 0.273 e. The van der Waals surface area contributed by atoms with Gasteiger partial charge in [-0.1, -0.05) is 41.5 Å². The zero-order valence-corrected chi connectivity index (χ0v) is 21.5. The van der Waals surface area contributed by atoms with Gasteiger partial charge >= 0.3 is 0 Å². The van der Waals surface area contributed by atoms with Crippen molar-refractivity contribution in [2.45, 2.75) is 89.9 Å². The molecule has 6 nitrogen and oxygen atoms in total.